The summed E-state index contributed by atoms with van der Waals surface area (Å²) in [5, 5.41) is 0. The molecule has 2 saturated heterocycles. The number of nitrogens with zero attached hydrogens (tertiary/aromatic N) is 1. The van der Waals surface area contributed by atoms with Crippen LogP contribution in [0.25, 0.3) is 0 Å². The predicted octanol–water partition coefficient (Wildman–Crippen LogP) is 1.04. The lowest BCUT2D eigenvalue weighted by Gasteiger charge is -2.33. The molecule has 0 N–H and O–H groups in total. The summed E-state index contributed by atoms with van der Waals surface area (Å²) >= 11 is 0. The van der Waals surface area contributed by atoms with Gasteiger partial charge in [-0.15, -0.1) is 0 Å². The molecular weight excluding hydrogens is 166 g/mol. The fourth-order valence-electron chi connectivity index (χ4n) is 1.89. The van der Waals surface area contributed by atoms with Gasteiger partial charge >= 0.3 is 0 Å². The number of carbonyl (C=O) groups is 1. The number of hydrogen-bond acceptors (Lipinski definition) is 2. The fourth-order valence-corrected chi connectivity index (χ4v) is 1.89. The highest BCUT2D eigenvalue weighted by molar-refractivity contribution is 5.77. The average molecular weight is 183 g/mol. The number of rotatable bonds is 2. The third-order valence-electron chi connectivity index (χ3n) is 3.01. The molecule has 2 aliphatic heterocycles. The van der Waals surface area contributed by atoms with Crippen LogP contribution in [0.2, 0.25) is 0 Å². The van der Waals surface area contributed by atoms with Crippen molar-refractivity contribution in [1.82, 2.24) is 4.90 Å². The SMILES string of the molecule is O=C(CC1CCOCC1)N1CCC1. The lowest BCUT2D eigenvalue weighted by atomic mass is 9.95. The van der Waals surface area contributed by atoms with Crippen LogP contribution < -0.4 is 0 Å². The Morgan fingerprint density at radius 2 is 2.00 bits per heavy atom. The van der Waals surface area contributed by atoms with E-state index < -0.39 is 0 Å². The Bertz CT molecular complexity index is 183. The summed E-state index contributed by atoms with van der Waals surface area (Å²) in [5.74, 6) is 0.944. The van der Waals surface area contributed by atoms with E-state index in [2.05, 4.69) is 0 Å². The van der Waals surface area contributed by atoms with Gasteiger partial charge in [-0.05, 0) is 25.2 Å². The quantitative estimate of drug-likeness (QED) is 0.640. The molecule has 13 heavy (non-hydrogen) atoms. The number of ether oxygens (including phenoxy) is 1. The summed E-state index contributed by atoms with van der Waals surface area (Å²) in [5.41, 5.74) is 0. The molecule has 3 heteroatoms. The monoisotopic (exact) mass is 183 g/mol. The van der Waals surface area contributed by atoms with Crippen LogP contribution in [0, 0.1) is 5.92 Å². The molecule has 1 amide bonds. The van der Waals surface area contributed by atoms with Crippen molar-refractivity contribution < 1.29 is 9.53 Å². The minimum Gasteiger partial charge on any atom is -0.381 e. The van der Waals surface area contributed by atoms with Gasteiger partial charge in [0.15, 0.2) is 0 Å². The Labute approximate surface area is 79.0 Å². The lowest BCUT2D eigenvalue weighted by Crippen LogP contribution is -2.43. The van der Waals surface area contributed by atoms with Crippen molar-refractivity contribution in [3.05, 3.63) is 0 Å². The molecule has 0 aromatic rings. The van der Waals surface area contributed by atoms with Crippen molar-refractivity contribution in [1.29, 1.82) is 0 Å². The van der Waals surface area contributed by atoms with Crippen LogP contribution in [0.1, 0.15) is 25.7 Å². The van der Waals surface area contributed by atoms with Gasteiger partial charge in [-0.3, -0.25) is 4.79 Å². The van der Waals surface area contributed by atoms with Crippen molar-refractivity contribution in [3.63, 3.8) is 0 Å². The molecule has 0 atom stereocenters. The van der Waals surface area contributed by atoms with Gasteiger partial charge in [0.25, 0.3) is 0 Å². The largest absolute Gasteiger partial charge is 0.381 e. The first-order valence-corrected chi connectivity index (χ1v) is 5.22. The molecule has 0 saturated carbocycles. The number of amides is 1. The second kappa shape index (κ2) is 4.09. The zero-order chi connectivity index (χ0) is 9.10. The van der Waals surface area contributed by atoms with E-state index in [1.165, 1.54) is 6.42 Å². The van der Waals surface area contributed by atoms with E-state index in [4.69, 9.17) is 4.74 Å². The highest BCUT2D eigenvalue weighted by Gasteiger charge is 2.24. The molecule has 2 fully saturated rings. The van der Waals surface area contributed by atoms with Crippen LogP contribution in [0.15, 0.2) is 0 Å². The zero-order valence-electron chi connectivity index (χ0n) is 8.00. The molecule has 0 aromatic carbocycles. The molecule has 0 spiro atoms. The molecular formula is C10H17NO2. The van der Waals surface area contributed by atoms with Gasteiger partial charge in [0, 0.05) is 32.7 Å². The maximum Gasteiger partial charge on any atom is 0.222 e. The topological polar surface area (TPSA) is 29.5 Å². The van der Waals surface area contributed by atoms with E-state index in [-0.39, 0.29) is 0 Å². The van der Waals surface area contributed by atoms with Crippen molar-refractivity contribution in [2.75, 3.05) is 26.3 Å². The van der Waals surface area contributed by atoms with Gasteiger partial charge in [-0.25, -0.2) is 0 Å². The van der Waals surface area contributed by atoms with E-state index in [0.717, 1.165) is 45.6 Å². The second-order valence-electron chi connectivity index (χ2n) is 3.99. The van der Waals surface area contributed by atoms with Crippen LogP contribution in [0.5, 0.6) is 0 Å². The second-order valence-corrected chi connectivity index (χ2v) is 3.99. The first-order chi connectivity index (χ1) is 6.36. The normalized spacial score (nSPS) is 24.2. The van der Waals surface area contributed by atoms with Crippen LogP contribution in [0.4, 0.5) is 0 Å². The number of carbonyl (C=O) groups excluding carboxylic acids is 1. The van der Waals surface area contributed by atoms with Crippen LogP contribution in [0.3, 0.4) is 0 Å². The minimum atomic E-state index is 0.359. The Morgan fingerprint density at radius 1 is 1.31 bits per heavy atom. The van der Waals surface area contributed by atoms with Gasteiger partial charge < -0.3 is 9.64 Å². The molecule has 2 heterocycles. The van der Waals surface area contributed by atoms with Gasteiger partial charge in [-0.1, -0.05) is 0 Å². The maximum atomic E-state index is 11.6. The van der Waals surface area contributed by atoms with Crippen LogP contribution in [-0.4, -0.2) is 37.1 Å². The fraction of sp³-hybridized carbons (Fsp3) is 0.900. The van der Waals surface area contributed by atoms with E-state index in [1.54, 1.807) is 0 Å². The zero-order valence-corrected chi connectivity index (χ0v) is 8.00. The average Bonchev–Trinajstić information content (AvgIpc) is 2.02. The first kappa shape index (κ1) is 9.00. The van der Waals surface area contributed by atoms with E-state index in [0.29, 0.717) is 11.8 Å². The van der Waals surface area contributed by atoms with Gasteiger partial charge in [0.1, 0.15) is 0 Å². The minimum absolute atomic E-state index is 0.359. The first-order valence-electron chi connectivity index (χ1n) is 5.22. The van der Waals surface area contributed by atoms with Crippen LogP contribution >= 0.6 is 0 Å². The van der Waals surface area contributed by atoms with Gasteiger partial charge in [0.05, 0.1) is 0 Å². The molecule has 74 valence electrons. The Kier molecular flexibility index (Phi) is 2.83. The summed E-state index contributed by atoms with van der Waals surface area (Å²) in [4.78, 5) is 13.5. The Balaban J connectivity index is 1.72. The van der Waals surface area contributed by atoms with Crippen molar-refractivity contribution in [3.8, 4) is 0 Å². The molecule has 0 bridgehead atoms. The van der Waals surface area contributed by atoms with Crippen LogP contribution in [-0.2, 0) is 9.53 Å². The van der Waals surface area contributed by atoms with Crippen molar-refractivity contribution in [2.24, 2.45) is 5.92 Å². The molecule has 3 nitrogen and oxygen atoms in total. The summed E-state index contributed by atoms with van der Waals surface area (Å²) in [6.45, 7) is 3.67. The van der Waals surface area contributed by atoms with E-state index in [9.17, 15) is 4.79 Å². The standard InChI is InChI=1S/C10H17NO2/c12-10(11-4-1-5-11)8-9-2-6-13-7-3-9/h9H,1-8H2. The Morgan fingerprint density at radius 3 is 2.54 bits per heavy atom. The third-order valence-corrected chi connectivity index (χ3v) is 3.01. The number of hydrogen-bond donors (Lipinski definition) is 0. The van der Waals surface area contributed by atoms with Crippen molar-refractivity contribution in [2.45, 2.75) is 25.7 Å². The summed E-state index contributed by atoms with van der Waals surface area (Å²) in [7, 11) is 0. The van der Waals surface area contributed by atoms with E-state index >= 15 is 0 Å². The predicted molar refractivity (Wildman–Crippen MR) is 49.4 cm³/mol. The lowest BCUT2D eigenvalue weighted by molar-refractivity contribution is -0.136. The molecule has 0 aromatic heterocycles. The molecule has 0 unspecified atom stereocenters. The highest BCUT2D eigenvalue weighted by Crippen LogP contribution is 2.20. The highest BCUT2D eigenvalue weighted by atomic mass is 16.5. The maximum absolute atomic E-state index is 11.6. The molecule has 2 rings (SSSR count). The number of likely N-dealkylation sites (tertiary alicyclic amines) is 1. The third kappa shape index (κ3) is 2.21. The summed E-state index contributed by atoms with van der Waals surface area (Å²) in [6, 6.07) is 0. The molecule has 2 aliphatic rings. The molecule has 0 aliphatic carbocycles. The smallest absolute Gasteiger partial charge is 0.222 e. The van der Waals surface area contributed by atoms with Crippen molar-refractivity contribution >= 4 is 5.91 Å². The van der Waals surface area contributed by atoms with Gasteiger partial charge in [-0.2, -0.15) is 0 Å². The summed E-state index contributed by atoms with van der Waals surface area (Å²) in [6.07, 6.45) is 4.09. The Hall–Kier alpha value is -0.570. The summed E-state index contributed by atoms with van der Waals surface area (Å²) < 4.78 is 5.26. The van der Waals surface area contributed by atoms with Gasteiger partial charge in [0.2, 0.25) is 5.91 Å². The molecule has 0 radical (unpaired) electrons. The van der Waals surface area contributed by atoms with E-state index in [1.807, 2.05) is 4.90 Å².